The third kappa shape index (κ3) is 7.11. The van der Waals surface area contributed by atoms with Crippen LogP contribution in [0.25, 0.3) is 0 Å². The van der Waals surface area contributed by atoms with Crippen molar-refractivity contribution in [2.24, 2.45) is 0 Å². The van der Waals surface area contributed by atoms with E-state index in [2.05, 4.69) is 31.4 Å². The van der Waals surface area contributed by atoms with Crippen LogP contribution in [0.4, 0.5) is 10.8 Å². The molecule has 1 aromatic heterocycles. The Morgan fingerprint density at radius 1 is 1.21 bits per heavy atom. The van der Waals surface area contributed by atoms with Gasteiger partial charge in [-0.3, -0.25) is 4.79 Å². The zero-order chi connectivity index (χ0) is 20.5. The molecule has 6 nitrogen and oxygen atoms in total. The fourth-order valence-electron chi connectivity index (χ4n) is 2.52. The quantitative estimate of drug-likeness (QED) is 0.409. The van der Waals surface area contributed by atoms with Crippen LogP contribution in [0.15, 0.2) is 63.4 Å². The van der Waals surface area contributed by atoms with Gasteiger partial charge in [0.15, 0.2) is 4.34 Å². The Balaban J connectivity index is 1.55. The number of hydrogen-bond acceptors (Lipinski definition) is 7. The minimum absolute atomic E-state index is 0.0487. The maximum atomic E-state index is 12.7. The maximum absolute atomic E-state index is 12.7. The van der Waals surface area contributed by atoms with Crippen molar-refractivity contribution in [3.63, 3.8) is 0 Å². The molecule has 0 aliphatic carbocycles. The molecule has 3 rings (SSSR count). The first-order valence-corrected chi connectivity index (χ1v) is 11.5. The number of anilines is 2. The molecule has 9 heteroatoms. The van der Waals surface area contributed by atoms with E-state index in [1.165, 1.54) is 23.1 Å². The molecule has 152 valence electrons. The summed E-state index contributed by atoms with van der Waals surface area (Å²) < 4.78 is 6.90. The molecule has 0 unspecified atom stereocenters. The molecule has 0 bridgehead atoms. The van der Waals surface area contributed by atoms with E-state index < -0.39 is 0 Å². The highest BCUT2D eigenvalue weighted by Gasteiger charge is 2.16. The number of nitrogens with one attached hydrogen (secondary N) is 1. The molecular weight excluding hydrogens is 472 g/mol. The zero-order valence-corrected chi connectivity index (χ0v) is 19.1. The average Bonchev–Trinajstić information content (AvgIpc) is 3.17. The number of halogens is 1. The molecule has 0 saturated heterocycles. The Kier molecular flexibility index (Phi) is 8.48. The number of hydrogen-bond donors (Lipinski definition) is 1. The van der Waals surface area contributed by atoms with Gasteiger partial charge in [-0.05, 0) is 23.8 Å². The molecule has 0 radical (unpaired) electrons. The highest BCUT2D eigenvalue weighted by atomic mass is 79.9. The van der Waals surface area contributed by atoms with Crippen LogP contribution in [-0.2, 0) is 16.1 Å². The predicted octanol–water partition coefficient (Wildman–Crippen LogP) is 4.81. The molecule has 1 amide bonds. The molecule has 1 heterocycles. The number of amides is 1. The van der Waals surface area contributed by atoms with Crippen molar-refractivity contribution in [2.45, 2.75) is 10.9 Å². The first kappa shape index (κ1) is 21.8. The number of carbonyl (C=O) groups excluding carboxylic acids is 1. The Bertz CT molecular complexity index is 924. The van der Waals surface area contributed by atoms with Crippen molar-refractivity contribution in [3.05, 3.63) is 64.6 Å². The number of ether oxygens (including phenoxy) is 1. The van der Waals surface area contributed by atoms with Crippen molar-refractivity contribution in [3.8, 4) is 0 Å². The predicted molar refractivity (Wildman–Crippen MR) is 122 cm³/mol. The van der Waals surface area contributed by atoms with E-state index in [1.54, 1.807) is 7.11 Å². The summed E-state index contributed by atoms with van der Waals surface area (Å²) in [5.41, 5.74) is 2.02. The number of methoxy groups -OCH3 is 1. The molecule has 3 aromatic rings. The Morgan fingerprint density at radius 3 is 2.79 bits per heavy atom. The monoisotopic (exact) mass is 492 g/mol. The van der Waals surface area contributed by atoms with E-state index >= 15 is 0 Å². The average molecular weight is 493 g/mol. The van der Waals surface area contributed by atoms with Gasteiger partial charge in [0.25, 0.3) is 0 Å². The normalized spacial score (nSPS) is 10.7. The van der Waals surface area contributed by atoms with E-state index in [9.17, 15) is 4.79 Å². The first-order valence-electron chi connectivity index (χ1n) is 8.93. The van der Waals surface area contributed by atoms with E-state index in [0.717, 1.165) is 20.1 Å². The largest absolute Gasteiger partial charge is 0.383 e. The molecule has 2 aromatic carbocycles. The summed E-state index contributed by atoms with van der Waals surface area (Å²) in [7, 11) is 1.64. The fraction of sp³-hybridized carbons (Fsp3) is 0.250. The topological polar surface area (TPSA) is 67.3 Å². The van der Waals surface area contributed by atoms with Crippen molar-refractivity contribution in [1.82, 2.24) is 15.1 Å². The lowest BCUT2D eigenvalue weighted by molar-refractivity contribution is -0.129. The van der Waals surface area contributed by atoms with Gasteiger partial charge in [-0.25, -0.2) is 0 Å². The second-order valence-electron chi connectivity index (χ2n) is 6.09. The molecule has 1 N–H and O–H groups in total. The maximum Gasteiger partial charge on any atom is 0.233 e. The molecule has 0 fully saturated rings. The van der Waals surface area contributed by atoms with Gasteiger partial charge in [0.2, 0.25) is 11.0 Å². The van der Waals surface area contributed by atoms with Crippen molar-refractivity contribution < 1.29 is 9.53 Å². The number of carbonyl (C=O) groups is 1. The van der Waals surface area contributed by atoms with Crippen LogP contribution in [0, 0.1) is 0 Å². The lowest BCUT2D eigenvalue weighted by atomic mass is 10.2. The Hall–Kier alpha value is -1.94. The van der Waals surface area contributed by atoms with E-state index in [-0.39, 0.29) is 5.91 Å². The number of rotatable bonds is 10. The molecule has 0 aliphatic heterocycles. The smallest absolute Gasteiger partial charge is 0.233 e. The molecule has 0 spiro atoms. The van der Waals surface area contributed by atoms with Crippen LogP contribution in [0.5, 0.6) is 0 Å². The molecule has 0 atom stereocenters. The van der Waals surface area contributed by atoms with E-state index in [4.69, 9.17) is 4.74 Å². The van der Waals surface area contributed by atoms with Crippen LogP contribution < -0.4 is 5.32 Å². The lowest BCUT2D eigenvalue weighted by Crippen LogP contribution is -2.34. The van der Waals surface area contributed by atoms with E-state index in [1.807, 2.05) is 59.5 Å². The highest BCUT2D eigenvalue weighted by Crippen LogP contribution is 2.28. The van der Waals surface area contributed by atoms with Gasteiger partial charge in [0.05, 0.1) is 12.4 Å². The third-order valence-corrected chi connectivity index (χ3v) is 6.39. The lowest BCUT2D eigenvalue weighted by Gasteiger charge is -2.22. The second-order valence-corrected chi connectivity index (χ2v) is 9.21. The third-order valence-electron chi connectivity index (χ3n) is 3.94. The van der Waals surface area contributed by atoms with Crippen LogP contribution in [0.1, 0.15) is 5.56 Å². The molecule has 0 aliphatic rings. The van der Waals surface area contributed by atoms with Crippen LogP contribution in [-0.4, -0.2) is 47.0 Å². The van der Waals surface area contributed by atoms with Crippen molar-refractivity contribution in [2.75, 3.05) is 31.3 Å². The first-order chi connectivity index (χ1) is 14.1. The van der Waals surface area contributed by atoms with Gasteiger partial charge in [-0.1, -0.05) is 75.4 Å². The highest BCUT2D eigenvalue weighted by molar-refractivity contribution is 9.10. The van der Waals surface area contributed by atoms with Crippen LogP contribution >= 0.6 is 39.0 Å². The minimum atomic E-state index is 0.0487. The summed E-state index contributed by atoms with van der Waals surface area (Å²) in [5, 5.41) is 12.3. The minimum Gasteiger partial charge on any atom is -0.383 e. The van der Waals surface area contributed by atoms with Gasteiger partial charge < -0.3 is 15.0 Å². The van der Waals surface area contributed by atoms with Crippen molar-refractivity contribution in [1.29, 1.82) is 0 Å². The zero-order valence-electron chi connectivity index (χ0n) is 15.9. The van der Waals surface area contributed by atoms with Gasteiger partial charge in [0, 0.05) is 30.4 Å². The number of aromatic nitrogens is 2. The van der Waals surface area contributed by atoms with Gasteiger partial charge in [0.1, 0.15) is 0 Å². The van der Waals surface area contributed by atoms with Crippen LogP contribution in [0.3, 0.4) is 0 Å². The molecule has 29 heavy (non-hydrogen) atoms. The van der Waals surface area contributed by atoms with Gasteiger partial charge in [-0.15, -0.1) is 10.2 Å². The standard InChI is InChI=1S/C20H21BrN4O2S2/c1-27-11-10-25(13-15-6-3-2-4-7-15)18(26)14-28-20-24-23-19(29-20)22-17-9-5-8-16(21)12-17/h2-9,12H,10-11,13-14H2,1H3,(H,22,23). The second kappa shape index (κ2) is 11.3. The fourth-order valence-corrected chi connectivity index (χ4v) is 4.59. The summed E-state index contributed by atoms with van der Waals surface area (Å²) in [6.07, 6.45) is 0. The Morgan fingerprint density at radius 2 is 2.03 bits per heavy atom. The number of benzene rings is 2. The summed E-state index contributed by atoms with van der Waals surface area (Å²) >= 11 is 6.28. The SMILES string of the molecule is COCCN(Cc1ccccc1)C(=O)CSc1nnc(Nc2cccc(Br)c2)s1. The summed E-state index contributed by atoms with van der Waals surface area (Å²) in [5.74, 6) is 0.356. The summed E-state index contributed by atoms with van der Waals surface area (Å²) in [6.45, 7) is 1.62. The summed E-state index contributed by atoms with van der Waals surface area (Å²) in [4.78, 5) is 14.6. The molecular formula is C20H21BrN4O2S2. The van der Waals surface area contributed by atoms with Crippen LogP contribution in [0.2, 0.25) is 0 Å². The van der Waals surface area contributed by atoms with Gasteiger partial charge in [-0.2, -0.15) is 0 Å². The number of nitrogens with zero attached hydrogens (tertiary/aromatic N) is 3. The molecule has 0 saturated carbocycles. The summed E-state index contributed by atoms with van der Waals surface area (Å²) in [6, 6.07) is 17.8. The van der Waals surface area contributed by atoms with Gasteiger partial charge >= 0.3 is 0 Å². The Labute approximate surface area is 186 Å². The number of thioether (sulfide) groups is 1. The van der Waals surface area contributed by atoms with E-state index in [0.29, 0.717) is 30.6 Å². The van der Waals surface area contributed by atoms with Crippen molar-refractivity contribution >= 4 is 55.8 Å².